The van der Waals surface area contributed by atoms with Crippen LogP contribution in [0.2, 0.25) is 0 Å². The van der Waals surface area contributed by atoms with Crippen molar-refractivity contribution in [1.82, 2.24) is 0 Å². The van der Waals surface area contributed by atoms with Gasteiger partial charge in [0, 0.05) is 0 Å². The molecule has 0 atom stereocenters. The fraction of sp³-hybridized carbons (Fsp3) is 0.333. The van der Waals surface area contributed by atoms with Crippen molar-refractivity contribution >= 4 is 0 Å². The summed E-state index contributed by atoms with van der Waals surface area (Å²) in [5.74, 6) is 0. The molecule has 0 heteroatoms. The second-order valence-electron chi connectivity index (χ2n) is 2.14. The minimum atomic E-state index is 1.09. The van der Waals surface area contributed by atoms with E-state index >= 15 is 0 Å². The van der Waals surface area contributed by atoms with Gasteiger partial charge in [-0.25, -0.2) is 0 Å². The average Bonchev–Trinajstić information content (AvgIpc) is 2.00. The second kappa shape index (κ2) is 4.13. The Labute approximate surface area is 56.6 Å². The summed E-state index contributed by atoms with van der Waals surface area (Å²) in [5, 5.41) is 0. The van der Waals surface area contributed by atoms with Crippen LogP contribution in [0.3, 0.4) is 0 Å². The maximum absolute atomic E-state index is 2.24. The van der Waals surface area contributed by atoms with Crippen molar-refractivity contribution in [3.63, 3.8) is 0 Å². The molecule has 48 valence electrons. The molecule has 0 aromatic heterocycles. The Hall–Kier alpha value is -0.780. The smallest absolute Gasteiger partial charge is 0.0166 e. The molecule has 0 N–H and O–H groups in total. The van der Waals surface area contributed by atoms with Crippen LogP contribution in [0, 0.1) is 0 Å². The molecule has 0 aliphatic heterocycles. The molecule has 0 nitrogen and oxygen atoms in total. The van der Waals surface area contributed by atoms with Crippen LogP contribution in [-0.2, 0) is 0 Å². The van der Waals surface area contributed by atoms with Gasteiger partial charge in [-0.2, -0.15) is 0 Å². The highest BCUT2D eigenvalue weighted by Gasteiger charge is 1.77. The molecule has 0 aromatic carbocycles. The normalized spacial score (nSPS) is 25.8. The van der Waals surface area contributed by atoms with Gasteiger partial charge in [0.25, 0.3) is 0 Å². The van der Waals surface area contributed by atoms with Crippen LogP contribution in [0.25, 0.3) is 0 Å². The fourth-order valence-corrected chi connectivity index (χ4v) is 0.817. The van der Waals surface area contributed by atoms with Crippen LogP contribution in [0.5, 0.6) is 0 Å². The molecule has 0 aromatic rings. The third kappa shape index (κ3) is 2.91. The zero-order valence-electron chi connectivity index (χ0n) is 5.59. The largest absolute Gasteiger partial charge is 0.0879 e. The number of rotatable bonds is 0. The van der Waals surface area contributed by atoms with E-state index in [2.05, 4.69) is 36.5 Å². The van der Waals surface area contributed by atoms with Gasteiger partial charge in [0.1, 0.15) is 0 Å². The van der Waals surface area contributed by atoms with Crippen LogP contribution < -0.4 is 0 Å². The van der Waals surface area contributed by atoms with Gasteiger partial charge >= 0.3 is 0 Å². The molecule has 0 radical (unpaired) electrons. The van der Waals surface area contributed by atoms with E-state index in [-0.39, 0.29) is 0 Å². The van der Waals surface area contributed by atoms with E-state index in [9.17, 15) is 0 Å². The third-order valence-electron chi connectivity index (χ3n) is 1.32. The Morgan fingerprint density at radius 1 is 0.667 bits per heavy atom. The van der Waals surface area contributed by atoms with Gasteiger partial charge in [-0.05, 0) is 19.3 Å². The van der Waals surface area contributed by atoms with E-state index in [4.69, 9.17) is 0 Å². The lowest BCUT2D eigenvalue weighted by molar-refractivity contribution is 1.05. The van der Waals surface area contributed by atoms with E-state index in [1.54, 1.807) is 0 Å². The van der Waals surface area contributed by atoms with Gasteiger partial charge in [-0.15, -0.1) is 0 Å². The molecular weight excluding hydrogens is 108 g/mol. The maximum atomic E-state index is 2.24. The molecule has 0 heterocycles. The van der Waals surface area contributed by atoms with Gasteiger partial charge in [0.2, 0.25) is 0 Å². The molecule has 0 fully saturated rings. The Morgan fingerprint density at radius 3 is 2.44 bits per heavy atom. The Morgan fingerprint density at radius 2 is 1.44 bits per heavy atom. The highest BCUT2D eigenvalue weighted by molar-refractivity contribution is 5.06. The standard InChI is InChI=1S/C9H12/c1-2-4-6-8-9-7-5-3-1/h1-4,7,9H,5-6,8H2/b3-1-,4-2?,9-7-. The Balaban J connectivity index is 2.43. The highest BCUT2D eigenvalue weighted by Crippen LogP contribution is 1.98. The first kappa shape index (κ1) is 6.34. The lowest BCUT2D eigenvalue weighted by Gasteiger charge is -1.81. The average molecular weight is 120 g/mol. The van der Waals surface area contributed by atoms with E-state index in [1.165, 1.54) is 12.8 Å². The van der Waals surface area contributed by atoms with Crippen LogP contribution in [0.4, 0.5) is 0 Å². The molecule has 0 saturated heterocycles. The van der Waals surface area contributed by atoms with Gasteiger partial charge in [-0.3, -0.25) is 0 Å². The lowest BCUT2D eigenvalue weighted by atomic mass is 10.3. The van der Waals surface area contributed by atoms with Gasteiger partial charge < -0.3 is 0 Å². The van der Waals surface area contributed by atoms with E-state index in [1.807, 2.05) is 0 Å². The molecule has 0 bridgehead atoms. The van der Waals surface area contributed by atoms with Gasteiger partial charge in [-0.1, -0.05) is 36.5 Å². The maximum Gasteiger partial charge on any atom is -0.0166 e. The number of hydrogen-bond acceptors (Lipinski definition) is 0. The molecule has 1 aliphatic rings. The monoisotopic (exact) mass is 120 g/mol. The molecule has 9 heavy (non-hydrogen) atoms. The summed E-state index contributed by atoms with van der Waals surface area (Å²) < 4.78 is 0. The van der Waals surface area contributed by atoms with Crippen LogP contribution in [0.1, 0.15) is 19.3 Å². The van der Waals surface area contributed by atoms with Crippen LogP contribution in [-0.4, -0.2) is 0 Å². The quantitative estimate of drug-likeness (QED) is 0.431. The summed E-state index contributed by atoms with van der Waals surface area (Å²) in [7, 11) is 0. The molecule has 1 aliphatic carbocycles. The van der Waals surface area contributed by atoms with Crippen molar-refractivity contribution in [3.05, 3.63) is 36.5 Å². The molecule has 0 spiro atoms. The summed E-state index contributed by atoms with van der Waals surface area (Å²) in [5.41, 5.74) is 0. The molecule has 0 unspecified atom stereocenters. The Kier molecular flexibility index (Phi) is 2.91. The van der Waals surface area contributed by atoms with Crippen molar-refractivity contribution in [3.8, 4) is 0 Å². The first-order valence-corrected chi connectivity index (χ1v) is 3.47. The number of hydrogen-bond donors (Lipinski definition) is 0. The fourth-order valence-electron chi connectivity index (χ4n) is 0.817. The van der Waals surface area contributed by atoms with Crippen LogP contribution in [0.15, 0.2) is 36.5 Å². The van der Waals surface area contributed by atoms with E-state index < -0.39 is 0 Å². The number of allylic oxidation sites excluding steroid dienone is 6. The molecular formula is C9H12. The summed E-state index contributed by atoms with van der Waals surface area (Å²) in [6.07, 6.45) is 16.5. The van der Waals surface area contributed by atoms with Crippen LogP contribution >= 0.6 is 0 Å². The molecule has 1 rings (SSSR count). The van der Waals surface area contributed by atoms with E-state index in [0.717, 1.165) is 6.42 Å². The lowest BCUT2D eigenvalue weighted by Crippen LogP contribution is -1.61. The summed E-state index contributed by atoms with van der Waals surface area (Å²) in [6.45, 7) is 0. The van der Waals surface area contributed by atoms with Crippen molar-refractivity contribution in [1.29, 1.82) is 0 Å². The highest BCUT2D eigenvalue weighted by atomic mass is 13.8. The van der Waals surface area contributed by atoms with Crippen molar-refractivity contribution in [2.45, 2.75) is 19.3 Å². The molecule has 0 amide bonds. The third-order valence-corrected chi connectivity index (χ3v) is 1.32. The Bertz CT molecular complexity index is 138. The summed E-state index contributed by atoms with van der Waals surface area (Å²) >= 11 is 0. The van der Waals surface area contributed by atoms with Gasteiger partial charge in [0.15, 0.2) is 0 Å². The van der Waals surface area contributed by atoms with Gasteiger partial charge in [0.05, 0.1) is 0 Å². The van der Waals surface area contributed by atoms with Crippen molar-refractivity contribution in [2.24, 2.45) is 0 Å². The first-order chi connectivity index (χ1) is 4.50. The zero-order chi connectivity index (χ0) is 6.36. The first-order valence-electron chi connectivity index (χ1n) is 3.47. The molecule has 0 saturated carbocycles. The van der Waals surface area contributed by atoms with E-state index in [0.29, 0.717) is 0 Å². The van der Waals surface area contributed by atoms with Crippen molar-refractivity contribution < 1.29 is 0 Å². The predicted octanol–water partition coefficient (Wildman–Crippen LogP) is 2.84. The van der Waals surface area contributed by atoms with Crippen molar-refractivity contribution in [2.75, 3.05) is 0 Å². The summed E-state index contributed by atoms with van der Waals surface area (Å²) in [6, 6.07) is 0. The minimum Gasteiger partial charge on any atom is -0.0879 e. The zero-order valence-corrected chi connectivity index (χ0v) is 5.59. The predicted molar refractivity (Wildman–Crippen MR) is 41.3 cm³/mol. The minimum absolute atomic E-state index is 1.09. The summed E-state index contributed by atoms with van der Waals surface area (Å²) in [4.78, 5) is 0. The topological polar surface area (TPSA) is 0 Å². The second-order valence-corrected chi connectivity index (χ2v) is 2.14. The SMILES string of the molecule is C1=CCC/C=C\C/C=C\1.